The van der Waals surface area contributed by atoms with Crippen LogP contribution in [0.5, 0.6) is 0 Å². The van der Waals surface area contributed by atoms with Gasteiger partial charge in [0.05, 0.1) is 0 Å². The van der Waals surface area contributed by atoms with Crippen molar-refractivity contribution in [2.75, 3.05) is 0 Å². The molecule has 0 amide bonds. The van der Waals surface area contributed by atoms with Gasteiger partial charge in [-0.2, -0.15) is 0 Å². The monoisotopic (exact) mass is 288 g/mol. The molecule has 0 aliphatic rings. The minimum absolute atomic E-state index is 0. The van der Waals surface area contributed by atoms with Crippen molar-refractivity contribution < 1.29 is 22.4 Å². The molecule has 0 atom stereocenters. The molecular formula is CH3AuKNNa. The third-order valence-corrected chi connectivity index (χ3v) is 0. The summed E-state index contributed by atoms with van der Waals surface area (Å²) in [5.74, 6) is 0. The fourth-order valence-electron chi connectivity index (χ4n) is 0. The second-order valence-corrected chi connectivity index (χ2v) is 0. The van der Waals surface area contributed by atoms with E-state index in [1.807, 2.05) is 0 Å². The zero-order chi connectivity index (χ0) is 2.00. The van der Waals surface area contributed by atoms with Crippen molar-refractivity contribution in [2.45, 2.75) is 0 Å². The summed E-state index contributed by atoms with van der Waals surface area (Å²) in [6.45, 7) is 3.50. The van der Waals surface area contributed by atoms with Gasteiger partial charge in [-0.1, -0.05) is 0 Å². The molecule has 4 heteroatoms. The van der Waals surface area contributed by atoms with E-state index in [9.17, 15) is 0 Å². The summed E-state index contributed by atoms with van der Waals surface area (Å²) in [6, 6.07) is 0. The molecule has 25 valence electrons. The Labute approximate surface area is 112 Å². The SMILES string of the molecule is C#N.[Au].[KH].[NaH]. The summed E-state index contributed by atoms with van der Waals surface area (Å²) in [5.41, 5.74) is 0. The zero-order valence-electron chi connectivity index (χ0n) is 1.33. The van der Waals surface area contributed by atoms with Gasteiger partial charge in [-0.15, -0.1) is 0 Å². The summed E-state index contributed by atoms with van der Waals surface area (Å²) in [6.07, 6.45) is 0. The summed E-state index contributed by atoms with van der Waals surface area (Å²) < 4.78 is 0. The molecule has 0 saturated heterocycles. The normalized spacial score (nSPS) is 0.400. The van der Waals surface area contributed by atoms with Crippen LogP contribution >= 0.6 is 0 Å². The first kappa shape index (κ1) is 24.8. The number of nitrogens with zero attached hydrogens (tertiary/aromatic N) is 1. The van der Waals surface area contributed by atoms with Gasteiger partial charge in [0.1, 0.15) is 0 Å². The molecule has 0 aromatic rings. The molecule has 0 spiro atoms. The molecule has 0 aliphatic carbocycles. The first-order valence-corrected chi connectivity index (χ1v) is 0.258. The molecule has 0 fully saturated rings. The second kappa shape index (κ2) is 28.8. The van der Waals surface area contributed by atoms with E-state index in [0.717, 1.165) is 0 Å². The maximum absolute atomic E-state index is 6.50. The molecule has 0 unspecified atom stereocenters. The van der Waals surface area contributed by atoms with E-state index >= 15 is 0 Å². The molecule has 0 aromatic carbocycles. The van der Waals surface area contributed by atoms with E-state index < -0.39 is 0 Å². The van der Waals surface area contributed by atoms with Gasteiger partial charge in [0.15, 0.2) is 0 Å². The Morgan fingerprint density at radius 2 is 1.20 bits per heavy atom. The minimum atomic E-state index is 0. The molecular weight excluding hydrogens is 285 g/mol. The van der Waals surface area contributed by atoms with Gasteiger partial charge < -0.3 is 0 Å². The van der Waals surface area contributed by atoms with Crippen LogP contribution in [-0.2, 0) is 22.4 Å². The third-order valence-electron chi connectivity index (χ3n) is 0. The average molecular weight is 288 g/mol. The summed E-state index contributed by atoms with van der Waals surface area (Å²) in [4.78, 5) is 0. The molecule has 0 heterocycles. The maximum atomic E-state index is 6.50. The first-order chi connectivity index (χ1) is 1.00. The van der Waals surface area contributed by atoms with Crippen LogP contribution in [0.15, 0.2) is 0 Å². The van der Waals surface area contributed by atoms with E-state index in [2.05, 4.69) is 6.57 Å². The van der Waals surface area contributed by atoms with Crippen LogP contribution in [-0.4, -0.2) is 80.9 Å². The van der Waals surface area contributed by atoms with E-state index in [1.54, 1.807) is 0 Å². The van der Waals surface area contributed by atoms with Crippen LogP contribution < -0.4 is 0 Å². The van der Waals surface area contributed by atoms with Gasteiger partial charge in [0, 0.05) is 29.0 Å². The van der Waals surface area contributed by atoms with Gasteiger partial charge in [0.2, 0.25) is 0 Å². The van der Waals surface area contributed by atoms with Gasteiger partial charge in [0.25, 0.3) is 0 Å². The first-order valence-electron chi connectivity index (χ1n) is 0.258. The van der Waals surface area contributed by atoms with Crippen molar-refractivity contribution in [1.82, 2.24) is 0 Å². The quantitative estimate of drug-likeness (QED) is 0.516. The van der Waals surface area contributed by atoms with Gasteiger partial charge in [-0.25, -0.2) is 5.26 Å². The number of hydrogen-bond donors (Lipinski definition) is 0. The summed E-state index contributed by atoms with van der Waals surface area (Å²) >= 11 is 0. The van der Waals surface area contributed by atoms with Crippen LogP contribution in [0.3, 0.4) is 0 Å². The Balaban J connectivity index is -0.00000000167. The number of hydrogen-bond acceptors (Lipinski definition) is 1. The number of rotatable bonds is 0. The van der Waals surface area contributed by atoms with Crippen LogP contribution in [0.2, 0.25) is 0 Å². The molecule has 1 radical (unpaired) electrons. The molecule has 0 aliphatic heterocycles. The van der Waals surface area contributed by atoms with Gasteiger partial charge in [-0.3, -0.25) is 0 Å². The third kappa shape index (κ3) is 19.8. The van der Waals surface area contributed by atoms with Crippen LogP contribution in [0.1, 0.15) is 0 Å². The van der Waals surface area contributed by atoms with Crippen LogP contribution in [0.25, 0.3) is 0 Å². The molecule has 0 saturated carbocycles. The molecule has 0 aromatic heterocycles. The van der Waals surface area contributed by atoms with Crippen molar-refractivity contribution in [1.29, 1.82) is 5.26 Å². The van der Waals surface area contributed by atoms with E-state index in [4.69, 9.17) is 5.26 Å². The zero-order valence-corrected chi connectivity index (χ0v) is 3.49. The Kier molecular flexibility index (Phi) is 143. The Morgan fingerprint density at radius 1 is 1.20 bits per heavy atom. The fraction of sp³-hybridized carbons (Fsp3) is 0. The van der Waals surface area contributed by atoms with Crippen molar-refractivity contribution in [3.05, 3.63) is 0 Å². The molecule has 0 rings (SSSR count). The fourth-order valence-corrected chi connectivity index (χ4v) is 0. The van der Waals surface area contributed by atoms with Crippen molar-refractivity contribution >= 4 is 80.9 Å². The molecule has 0 bridgehead atoms. The van der Waals surface area contributed by atoms with E-state index in [-0.39, 0.29) is 103 Å². The number of nitriles is 1. The van der Waals surface area contributed by atoms with Gasteiger partial charge >= 0.3 is 80.9 Å². The van der Waals surface area contributed by atoms with Crippen molar-refractivity contribution in [2.24, 2.45) is 0 Å². The van der Waals surface area contributed by atoms with Gasteiger partial charge in [-0.05, 0) is 0 Å². The summed E-state index contributed by atoms with van der Waals surface area (Å²) in [5, 5.41) is 6.50. The van der Waals surface area contributed by atoms with Crippen LogP contribution in [0, 0.1) is 11.8 Å². The Hall–Kier alpha value is 2.87. The summed E-state index contributed by atoms with van der Waals surface area (Å²) in [7, 11) is 0. The Morgan fingerprint density at radius 3 is 1.20 bits per heavy atom. The molecule has 0 N–H and O–H groups in total. The average Bonchev–Trinajstić information content (AvgIpc) is 1.00. The molecule has 5 heavy (non-hydrogen) atoms. The van der Waals surface area contributed by atoms with Crippen molar-refractivity contribution in [3.63, 3.8) is 0 Å². The predicted octanol–water partition coefficient (Wildman–Crippen LogP) is -1.16. The second-order valence-electron chi connectivity index (χ2n) is 0. The molecule has 1 nitrogen and oxygen atoms in total. The Bertz CT molecular complexity index is 16.4. The van der Waals surface area contributed by atoms with Crippen molar-refractivity contribution in [3.8, 4) is 6.57 Å². The topological polar surface area (TPSA) is 23.8 Å². The van der Waals surface area contributed by atoms with E-state index in [0.29, 0.717) is 0 Å². The van der Waals surface area contributed by atoms with E-state index in [1.165, 1.54) is 0 Å². The standard InChI is InChI=1S/CHN.Au.K.Na.2H/c1-2;;;;;/h1H;;;;;. The van der Waals surface area contributed by atoms with Crippen LogP contribution in [0.4, 0.5) is 0 Å². The predicted molar refractivity (Wildman–Crippen MR) is 21.0 cm³/mol.